The van der Waals surface area contributed by atoms with Crippen LogP contribution in [-0.4, -0.2) is 56.2 Å². The highest BCUT2D eigenvalue weighted by Gasteiger charge is 2.29. The van der Waals surface area contributed by atoms with Gasteiger partial charge in [-0.15, -0.1) is 5.10 Å². The van der Waals surface area contributed by atoms with Gasteiger partial charge in [0.25, 0.3) is 5.69 Å². The maximum Gasteiger partial charge on any atom is 0.269 e. The Morgan fingerprint density at radius 3 is 2.41 bits per heavy atom. The van der Waals surface area contributed by atoms with Gasteiger partial charge in [0.1, 0.15) is 0 Å². The third kappa shape index (κ3) is 5.11. The maximum atomic E-state index is 10.9. The van der Waals surface area contributed by atoms with Crippen molar-refractivity contribution in [2.45, 2.75) is 38.8 Å². The topological polar surface area (TPSA) is 93.2 Å². The van der Waals surface area contributed by atoms with Crippen LogP contribution in [0.25, 0.3) is 0 Å². The quantitative estimate of drug-likeness (QED) is 0.374. The molecule has 0 unspecified atom stereocenters. The predicted molar refractivity (Wildman–Crippen MR) is 123 cm³/mol. The lowest BCUT2D eigenvalue weighted by Gasteiger charge is -2.39. The molecule has 168 valence electrons. The standard InChI is InChI=1S/C23H29N7O2/c1-2-3-9-22(23-24-25-26-29(23)18-19-7-5-4-6-8-19)28-16-14-27(15-17-28)20-10-12-21(13-11-20)30(31)32/h4-8,10-13,22H,2-3,9,14-18H2,1H3/t22-/m1/s1. The predicted octanol–water partition coefficient (Wildman–Crippen LogP) is 3.68. The average Bonchev–Trinajstić information content (AvgIpc) is 3.28. The molecule has 32 heavy (non-hydrogen) atoms. The zero-order chi connectivity index (χ0) is 22.3. The molecule has 1 saturated heterocycles. The van der Waals surface area contributed by atoms with Crippen molar-refractivity contribution in [2.24, 2.45) is 0 Å². The minimum atomic E-state index is -0.361. The average molecular weight is 436 g/mol. The fourth-order valence-corrected chi connectivity index (χ4v) is 4.27. The van der Waals surface area contributed by atoms with Crippen LogP contribution in [0.2, 0.25) is 0 Å². The van der Waals surface area contributed by atoms with Crippen LogP contribution in [0, 0.1) is 10.1 Å². The number of nitrogens with zero attached hydrogens (tertiary/aromatic N) is 7. The lowest BCUT2D eigenvalue weighted by molar-refractivity contribution is -0.384. The van der Waals surface area contributed by atoms with Crippen molar-refractivity contribution in [1.82, 2.24) is 25.1 Å². The number of nitro groups is 1. The second-order valence-corrected chi connectivity index (χ2v) is 8.13. The summed E-state index contributed by atoms with van der Waals surface area (Å²) in [6.45, 7) is 6.37. The number of benzene rings is 2. The summed E-state index contributed by atoms with van der Waals surface area (Å²) in [5, 5.41) is 23.6. The molecular formula is C23H29N7O2. The van der Waals surface area contributed by atoms with Crippen molar-refractivity contribution in [3.8, 4) is 0 Å². The van der Waals surface area contributed by atoms with Crippen molar-refractivity contribution in [3.05, 3.63) is 76.1 Å². The van der Waals surface area contributed by atoms with Gasteiger partial charge in [-0.3, -0.25) is 15.0 Å². The highest BCUT2D eigenvalue weighted by molar-refractivity contribution is 5.51. The summed E-state index contributed by atoms with van der Waals surface area (Å²) in [7, 11) is 0. The lowest BCUT2D eigenvalue weighted by Crippen LogP contribution is -2.48. The molecule has 0 aliphatic carbocycles. The zero-order valence-corrected chi connectivity index (χ0v) is 18.4. The SMILES string of the molecule is CCCC[C@H](c1nnnn1Cc1ccccc1)N1CCN(c2ccc([N+](=O)[O-])cc2)CC1. The number of anilines is 1. The molecule has 4 rings (SSSR count). The molecule has 1 aliphatic rings. The highest BCUT2D eigenvalue weighted by atomic mass is 16.6. The van der Waals surface area contributed by atoms with E-state index in [0.29, 0.717) is 6.54 Å². The summed E-state index contributed by atoms with van der Waals surface area (Å²) in [5.74, 6) is 0.922. The number of hydrogen-bond acceptors (Lipinski definition) is 7. The van der Waals surface area contributed by atoms with Gasteiger partial charge >= 0.3 is 0 Å². The summed E-state index contributed by atoms with van der Waals surface area (Å²) >= 11 is 0. The van der Waals surface area contributed by atoms with Gasteiger partial charge < -0.3 is 4.90 Å². The summed E-state index contributed by atoms with van der Waals surface area (Å²) in [6, 6.07) is 17.3. The van der Waals surface area contributed by atoms with Crippen LogP contribution in [-0.2, 0) is 6.54 Å². The normalized spacial score (nSPS) is 15.6. The Kier molecular flexibility index (Phi) is 7.06. The van der Waals surface area contributed by atoms with Gasteiger partial charge in [0.15, 0.2) is 5.82 Å². The van der Waals surface area contributed by atoms with E-state index in [4.69, 9.17) is 0 Å². The number of rotatable bonds is 9. The first-order chi connectivity index (χ1) is 15.7. The van der Waals surface area contributed by atoms with Gasteiger partial charge in [-0.25, -0.2) is 4.68 Å². The van der Waals surface area contributed by atoms with Gasteiger partial charge in [-0.2, -0.15) is 0 Å². The van der Waals surface area contributed by atoms with Crippen LogP contribution < -0.4 is 4.90 Å². The van der Waals surface area contributed by atoms with E-state index in [1.54, 1.807) is 12.1 Å². The fraction of sp³-hybridized carbons (Fsp3) is 0.435. The van der Waals surface area contributed by atoms with E-state index >= 15 is 0 Å². The maximum absolute atomic E-state index is 10.9. The molecule has 1 atom stereocenters. The smallest absolute Gasteiger partial charge is 0.269 e. The van der Waals surface area contributed by atoms with E-state index in [-0.39, 0.29) is 16.7 Å². The van der Waals surface area contributed by atoms with Gasteiger partial charge in [-0.1, -0.05) is 50.1 Å². The molecule has 1 aromatic heterocycles. The molecule has 0 saturated carbocycles. The van der Waals surface area contributed by atoms with Gasteiger partial charge in [0.05, 0.1) is 17.5 Å². The fourth-order valence-electron chi connectivity index (χ4n) is 4.27. The molecule has 0 radical (unpaired) electrons. The van der Waals surface area contributed by atoms with E-state index in [1.165, 1.54) is 5.56 Å². The summed E-state index contributed by atoms with van der Waals surface area (Å²) in [4.78, 5) is 15.3. The van der Waals surface area contributed by atoms with Crippen LogP contribution in [0.3, 0.4) is 0 Å². The van der Waals surface area contributed by atoms with Crippen LogP contribution >= 0.6 is 0 Å². The molecule has 0 bridgehead atoms. The lowest BCUT2D eigenvalue weighted by atomic mass is 10.1. The minimum absolute atomic E-state index is 0.122. The second kappa shape index (κ2) is 10.3. The second-order valence-electron chi connectivity index (χ2n) is 8.13. The Labute approximate surface area is 187 Å². The molecule has 1 aliphatic heterocycles. The van der Waals surface area contributed by atoms with Crippen molar-refractivity contribution in [1.29, 1.82) is 0 Å². The van der Waals surface area contributed by atoms with Crippen molar-refractivity contribution in [2.75, 3.05) is 31.1 Å². The molecular weight excluding hydrogens is 406 g/mol. The van der Waals surface area contributed by atoms with Crippen LogP contribution in [0.15, 0.2) is 54.6 Å². The van der Waals surface area contributed by atoms with E-state index in [0.717, 1.165) is 57.0 Å². The molecule has 9 heteroatoms. The first-order valence-corrected chi connectivity index (χ1v) is 11.2. The summed E-state index contributed by atoms with van der Waals surface area (Å²) in [6.07, 6.45) is 3.26. The number of nitro benzene ring substituents is 1. The number of non-ortho nitro benzene ring substituents is 1. The van der Waals surface area contributed by atoms with E-state index in [9.17, 15) is 10.1 Å². The van der Waals surface area contributed by atoms with Crippen LogP contribution in [0.1, 0.15) is 43.6 Å². The molecule has 0 amide bonds. The third-order valence-electron chi connectivity index (χ3n) is 6.04. The largest absolute Gasteiger partial charge is 0.369 e. The Morgan fingerprint density at radius 2 is 1.75 bits per heavy atom. The first kappa shape index (κ1) is 21.9. The number of hydrogen-bond donors (Lipinski definition) is 0. The van der Waals surface area contributed by atoms with Gasteiger partial charge in [-0.05, 0) is 34.5 Å². The van der Waals surface area contributed by atoms with E-state index in [2.05, 4.69) is 44.4 Å². The molecule has 0 N–H and O–H groups in total. The number of unbranched alkanes of at least 4 members (excludes halogenated alkanes) is 1. The van der Waals surface area contributed by atoms with Gasteiger partial charge in [0.2, 0.25) is 0 Å². The van der Waals surface area contributed by atoms with Gasteiger partial charge in [0, 0.05) is 44.0 Å². The van der Waals surface area contributed by atoms with E-state index < -0.39 is 0 Å². The molecule has 9 nitrogen and oxygen atoms in total. The highest BCUT2D eigenvalue weighted by Crippen LogP contribution is 2.28. The number of piperazine rings is 1. The van der Waals surface area contributed by atoms with Crippen LogP contribution in [0.5, 0.6) is 0 Å². The molecule has 2 heterocycles. The minimum Gasteiger partial charge on any atom is -0.369 e. The Balaban J connectivity index is 1.46. The van der Waals surface area contributed by atoms with Crippen molar-refractivity contribution >= 4 is 11.4 Å². The first-order valence-electron chi connectivity index (χ1n) is 11.2. The number of aromatic nitrogens is 4. The molecule has 1 fully saturated rings. The Hall–Kier alpha value is -3.33. The summed E-state index contributed by atoms with van der Waals surface area (Å²) < 4.78 is 1.93. The summed E-state index contributed by atoms with van der Waals surface area (Å²) in [5.41, 5.74) is 2.32. The van der Waals surface area contributed by atoms with E-state index in [1.807, 2.05) is 35.0 Å². The molecule has 2 aromatic carbocycles. The Bertz CT molecular complexity index is 999. The molecule has 3 aromatic rings. The van der Waals surface area contributed by atoms with Crippen LogP contribution in [0.4, 0.5) is 11.4 Å². The third-order valence-corrected chi connectivity index (χ3v) is 6.04. The number of tetrazole rings is 1. The monoisotopic (exact) mass is 435 g/mol. The Morgan fingerprint density at radius 1 is 1.03 bits per heavy atom. The van der Waals surface area contributed by atoms with Crippen molar-refractivity contribution in [3.63, 3.8) is 0 Å². The molecule has 0 spiro atoms. The van der Waals surface area contributed by atoms with Crippen molar-refractivity contribution < 1.29 is 4.92 Å². The zero-order valence-electron chi connectivity index (χ0n) is 18.4.